The van der Waals surface area contributed by atoms with E-state index in [0.29, 0.717) is 22.8 Å². The van der Waals surface area contributed by atoms with E-state index < -0.39 is 0 Å². The first kappa shape index (κ1) is 15.3. The van der Waals surface area contributed by atoms with Gasteiger partial charge in [-0.1, -0.05) is 37.3 Å². The first-order chi connectivity index (χ1) is 11.1. The van der Waals surface area contributed by atoms with E-state index in [2.05, 4.69) is 0 Å². The Bertz CT molecular complexity index is 736. The quantitative estimate of drug-likeness (QED) is 0.482. The summed E-state index contributed by atoms with van der Waals surface area (Å²) in [7, 11) is 1.53. The Morgan fingerprint density at radius 3 is 2.39 bits per heavy atom. The van der Waals surface area contributed by atoms with Crippen molar-refractivity contribution in [1.82, 2.24) is 0 Å². The number of hydrogen-bond acceptors (Lipinski definition) is 4. The summed E-state index contributed by atoms with van der Waals surface area (Å²) in [4.78, 5) is 24.8. The second-order valence-electron chi connectivity index (χ2n) is 5.80. The fourth-order valence-corrected chi connectivity index (χ4v) is 2.48. The first-order valence-electron chi connectivity index (χ1n) is 7.59. The molecule has 0 bridgehead atoms. The highest BCUT2D eigenvalue weighted by molar-refractivity contribution is 6.11. The van der Waals surface area contributed by atoms with Crippen molar-refractivity contribution in [1.29, 1.82) is 0 Å². The van der Waals surface area contributed by atoms with Gasteiger partial charge in [0.1, 0.15) is 11.5 Å². The van der Waals surface area contributed by atoms with Crippen LogP contribution in [0.2, 0.25) is 0 Å². The number of carbonyl (C=O) groups excluding carboxylic acids is 2. The molecule has 23 heavy (non-hydrogen) atoms. The molecular formula is C19H18O4. The Morgan fingerprint density at radius 2 is 1.78 bits per heavy atom. The minimum absolute atomic E-state index is 0.0686. The molecule has 2 atom stereocenters. The van der Waals surface area contributed by atoms with E-state index in [4.69, 9.17) is 9.47 Å². The summed E-state index contributed by atoms with van der Waals surface area (Å²) in [5.74, 6) is 0.610. The summed E-state index contributed by atoms with van der Waals surface area (Å²) in [6.07, 6.45) is 0.838. The van der Waals surface area contributed by atoms with Gasteiger partial charge in [0.05, 0.1) is 18.6 Å². The van der Waals surface area contributed by atoms with Gasteiger partial charge in [0.25, 0.3) is 0 Å². The van der Waals surface area contributed by atoms with Crippen LogP contribution in [0.15, 0.2) is 48.5 Å². The molecule has 4 heteroatoms. The normalized spacial score (nSPS) is 19.0. The number of hydrogen-bond donors (Lipinski definition) is 0. The highest BCUT2D eigenvalue weighted by atomic mass is 16.5. The maximum atomic E-state index is 12.7. The molecule has 0 radical (unpaired) electrons. The smallest absolute Gasteiger partial charge is 0.314 e. The van der Waals surface area contributed by atoms with Crippen LogP contribution in [0.5, 0.6) is 11.5 Å². The first-order valence-corrected chi connectivity index (χ1v) is 7.59. The van der Waals surface area contributed by atoms with Crippen molar-refractivity contribution in [3.8, 4) is 11.5 Å². The molecule has 0 saturated heterocycles. The second kappa shape index (κ2) is 6.24. The molecule has 1 fully saturated rings. The molecule has 0 amide bonds. The van der Waals surface area contributed by atoms with Gasteiger partial charge in [0, 0.05) is 11.6 Å². The molecule has 3 rings (SSSR count). The Labute approximate surface area is 135 Å². The highest BCUT2D eigenvalue weighted by Crippen LogP contribution is 2.39. The van der Waals surface area contributed by atoms with Gasteiger partial charge in [0.2, 0.25) is 0 Å². The van der Waals surface area contributed by atoms with Crippen LogP contribution in [0.3, 0.4) is 0 Å². The van der Waals surface area contributed by atoms with Crippen LogP contribution in [-0.4, -0.2) is 18.9 Å². The number of benzene rings is 2. The van der Waals surface area contributed by atoms with E-state index in [1.54, 1.807) is 42.5 Å². The van der Waals surface area contributed by atoms with Gasteiger partial charge in [-0.25, -0.2) is 0 Å². The standard InChI is InChI=1S/C19H18O4/c1-12-10-16(12)19(21)23-17-11-14(22-2)8-9-15(17)18(20)13-6-4-3-5-7-13/h3-9,11-12,16H,10H2,1-2H3/t12-,16-/m1/s1. The van der Waals surface area contributed by atoms with Crippen molar-refractivity contribution in [2.45, 2.75) is 13.3 Å². The van der Waals surface area contributed by atoms with Crippen molar-refractivity contribution in [3.05, 3.63) is 59.7 Å². The largest absolute Gasteiger partial charge is 0.497 e. The third-order valence-electron chi connectivity index (χ3n) is 4.09. The fourth-order valence-electron chi connectivity index (χ4n) is 2.48. The summed E-state index contributed by atoms with van der Waals surface area (Å²) in [6.45, 7) is 2.01. The number of carbonyl (C=O) groups is 2. The number of ether oxygens (including phenoxy) is 2. The van der Waals surface area contributed by atoms with Crippen LogP contribution in [0, 0.1) is 11.8 Å². The van der Waals surface area contributed by atoms with Crippen molar-refractivity contribution in [3.63, 3.8) is 0 Å². The topological polar surface area (TPSA) is 52.6 Å². The molecule has 1 aliphatic rings. The zero-order chi connectivity index (χ0) is 16.4. The summed E-state index contributed by atoms with van der Waals surface area (Å²) in [6, 6.07) is 13.8. The molecule has 0 heterocycles. The minimum Gasteiger partial charge on any atom is -0.497 e. The van der Waals surface area contributed by atoms with E-state index in [-0.39, 0.29) is 23.4 Å². The summed E-state index contributed by atoms with van der Waals surface area (Å²) < 4.78 is 10.7. The van der Waals surface area contributed by atoms with Crippen molar-refractivity contribution in [2.24, 2.45) is 11.8 Å². The van der Waals surface area contributed by atoms with E-state index in [1.807, 2.05) is 13.0 Å². The van der Waals surface area contributed by atoms with Crippen molar-refractivity contribution in [2.75, 3.05) is 7.11 Å². The summed E-state index contributed by atoms with van der Waals surface area (Å²) in [5.41, 5.74) is 0.911. The maximum absolute atomic E-state index is 12.7. The second-order valence-corrected chi connectivity index (χ2v) is 5.80. The molecule has 4 nitrogen and oxygen atoms in total. The number of esters is 1. The Morgan fingerprint density at radius 1 is 1.09 bits per heavy atom. The van der Waals surface area contributed by atoms with Crippen LogP contribution in [0.25, 0.3) is 0 Å². The molecule has 0 aromatic heterocycles. The lowest BCUT2D eigenvalue weighted by molar-refractivity contribution is -0.136. The molecule has 118 valence electrons. The lowest BCUT2D eigenvalue weighted by Crippen LogP contribution is -2.14. The van der Waals surface area contributed by atoms with Gasteiger partial charge in [-0.2, -0.15) is 0 Å². The Hall–Kier alpha value is -2.62. The number of rotatable bonds is 5. The minimum atomic E-state index is -0.284. The van der Waals surface area contributed by atoms with Crippen molar-refractivity contribution >= 4 is 11.8 Å². The molecule has 2 aromatic rings. The van der Waals surface area contributed by atoms with Gasteiger partial charge >= 0.3 is 5.97 Å². The molecule has 1 aliphatic carbocycles. The third kappa shape index (κ3) is 3.26. The highest BCUT2D eigenvalue weighted by Gasteiger charge is 2.41. The molecule has 0 unspecified atom stereocenters. The van der Waals surface area contributed by atoms with E-state index in [1.165, 1.54) is 7.11 Å². The van der Waals surface area contributed by atoms with Crippen LogP contribution in [-0.2, 0) is 4.79 Å². The predicted molar refractivity (Wildman–Crippen MR) is 85.8 cm³/mol. The summed E-state index contributed by atoms with van der Waals surface area (Å²) in [5, 5.41) is 0. The molecule has 0 spiro atoms. The average molecular weight is 310 g/mol. The van der Waals surface area contributed by atoms with Gasteiger partial charge in [0.15, 0.2) is 5.78 Å². The Kier molecular flexibility index (Phi) is 4.15. The SMILES string of the molecule is COc1ccc(C(=O)c2ccccc2)c(OC(=O)[C@@H]2C[C@H]2C)c1. The van der Waals surface area contributed by atoms with Gasteiger partial charge in [-0.3, -0.25) is 9.59 Å². The van der Waals surface area contributed by atoms with Gasteiger partial charge in [-0.15, -0.1) is 0 Å². The van der Waals surface area contributed by atoms with Gasteiger partial charge < -0.3 is 9.47 Å². The molecule has 0 N–H and O–H groups in total. The molecular weight excluding hydrogens is 292 g/mol. The third-order valence-corrected chi connectivity index (χ3v) is 4.09. The van der Waals surface area contributed by atoms with Crippen LogP contribution >= 0.6 is 0 Å². The molecule has 0 aliphatic heterocycles. The van der Waals surface area contributed by atoms with E-state index >= 15 is 0 Å². The average Bonchev–Trinajstić information content (AvgIpc) is 3.32. The monoisotopic (exact) mass is 310 g/mol. The predicted octanol–water partition coefficient (Wildman–Crippen LogP) is 3.49. The van der Waals surface area contributed by atoms with Crippen LogP contribution in [0.1, 0.15) is 29.3 Å². The lowest BCUT2D eigenvalue weighted by atomic mass is 10.0. The number of ketones is 1. The zero-order valence-electron chi connectivity index (χ0n) is 13.1. The zero-order valence-corrected chi connectivity index (χ0v) is 13.1. The van der Waals surface area contributed by atoms with E-state index in [9.17, 15) is 9.59 Å². The lowest BCUT2D eigenvalue weighted by Gasteiger charge is -2.11. The van der Waals surface area contributed by atoms with Crippen molar-refractivity contribution < 1.29 is 19.1 Å². The van der Waals surface area contributed by atoms with Crippen LogP contribution in [0.4, 0.5) is 0 Å². The fraction of sp³-hybridized carbons (Fsp3) is 0.263. The van der Waals surface area contributed by atoms with Gasteiger partial charge in [-0.05, 0) is 24.5 Å². The molecule has 2 aromatic carbocycles. The van der Waals surface area contributed by atoms with E-state index in [0.717, 1.165) is 6.42 Å². The number of methoxy groups -OCH3 is 1. The maximum Gasteiger partial charge on any atom is 0.314 e. The van der Waals surface area contributed by atoms with Crippen LogP contribution < -0.4 is 9.47 Å². The molecule has 1 saturated carbocycles. The Balaban J connectivity index is 1.92. The summed E-state index contributed by atoms with van der Waals surface area (Å²) >= 11 is 0.